The van der Waals surface area contributed by atoms with Crippen LogP contribution in [0.3, 0.4) is 0 Å². The summed E-state index contributed by atoms with van der Waals surface area (Å²) in [4.78, 5) is 5.20. The minimum absolute atomic E-state index is 0.0307. The highest BCUT2D eigenvalue weighted by Gasteiger charge is 2.17. The van der Waals surface area contributed by atoms with E-state index in [0.29, 0.717) is 0 Å². The number of aryl methyl sites for hydroxylation is 1. The van der Waals surface area contributed by atoms with Crippen LogP contribution in [0.2, 0.25) is 0 Å². The van der Waals surface area contributed by atoms with Gasteiger partial charge in [-0.1, -0.05) is 13.0 Å². The number of rotatable bonds is 4. The van der Waals surface area contributed by atoms with Gasteiger partial charge in [-0.05, 0) is 36.7 Å². The van der Waals surface area contributed by atoms with E-state index in [4.69, 9.17) is 0 Å². The number of nitrogens with one attached hydrogen (secondary N) is 1. The van der Waals surface area contributed by atoms with Crippen LogP contribution in [0, 0.1) is 12.7 Å². The van der Waals surface area contributed by atoms with E-state index in [9.17, 15) is 4.39 Å². The first kappa shape index (κ1) is 12.2. The molecule has 2 aromatic rings. The Kier molecular flexibility index (Phi) is 3.86. The van der Waals surface area contributed by atoms with E-state index in [2.05, 4.69) is 10.3 Å². The highest BCUT2D eigenvalue weighted by molar-refractivity contribution is 7.09. The lowest BCUT2D eigenvalue weighted by atomic mass is 10.00. The van der Waals surface area contributed by atoms with Crippen LogP contribution in [0.4, 0.5) is 4.39 Å². The van der Waals surface area contributed by atoms with Crippen molar-refractivity contribution < 1.29 is 4.39 Å². The number of hydrogen-bond donors (Lipinski definition) is 1. The Balaban J connectivity index is 2.42. The van der Waals surface area contributed by atoms with Crippen molar-refractivity contribution in [2.24, 2.45) is 0 Å². The Labute approximate surface area is 105 Å². The molecule has 0 bridgehead atoms. The molecule has 2 rings (SSSR count). The van der Waals surface area contributed by atoms with Gasteiger partial charge in [0.15, 0.2) is 0 Å². The van der Waals surface area contributed by atoms with Gasteiger partial charge in [-0.3, -0.25) is 4.98 Å². The van der Waals surface area contributed by atoms with E-state index in [1.807, 2.05) is 26.1 Å². The van der Waals surface area contributed by atoms with E-state index >= 15 is 0 Å². The molecule has 1 N–H and O–H groups in total. The quantitative estimate of drug-likeness (QED) is 0.900. The average Bonchev–Trinajstić information content (AvgIpc) is 2.83. The van der Waals surface area contributed by atoms with Crippen molar-refractivity contribution in [3.05, 3.63) is 51.7 Å². The summed E-state index contributed by atoms with van der Waals surface area (Å²) in [5.74, 6) is -0.196. The third-order valence-corrected chi connectivity index (χ3v) is 3.54. The second-order valence-electron chi connectivity index (χ2n) is 3.90. The van der Waals surface area contributed by atoms with Gasteiger partial charge < -0.3 is 5.32 Å². The molecule has 0 aliphatic rings. The van der Waals surface area contributed by atoms with Crippen LogP contribution in [-0.2, 0) is 0 Å². The molecule has 1 heterocycles. The molecule has 0 aliphatic carbocycles. The van der Waals surface area contributed by atoms with Gasteiger partial charge in [-0.15, -0.1) is 11.3 Å². The summed E-state index contributed by atoms with van der Waals surface area (Å²) in [6.07, 6.45) is 1.84. The van der Waals surface area contributed by atoms with Crippen LogP contribution in [0.25, 0.3) is 0 Å². The van der Waals surface area contributed by atoms with Crippen molar-refractivity contribution in [2.75, 3.05) is 6.54 Å². The molecule has 0 fully saturated rings. The molecule has 0 aliphatic heterocycles. The van der Waals surface area contributed by atoms with E-state index in [-0.39, 0.29) is 11.9 Å². The number of thiazole rings is 1. The summed E-state index contributed by atoms with van der Waals surface area (Å²) >= 11 is 1.58. The molecule has 90 valence electrons. The summed E-state index contributed by atoms with van der Waals surface area (Å²) in [7, 11) is 0. The molecule has 0 radical (unpaired) electrons. The van der Waals surface area contributed by atoms with Crippen molar-refractivity contribution in [1.29, 1.82) is 0 Å². The van der Waals surface area contributed by atoms with Gasteiger partial charge >= 0.3 is 0 Å². The molecule has 2 nitrogen and oxygen atoms in total. The molecule has 17 heavy (non-hydrogen) atoms. The van der Waals surface area contributed by atoms with Gasteiger partial charge in [0.1, 0.15) is 5.82 Å². The molecule has 0 spiro atoms. The highest BCUT2D eigenvalue weighted by Crippen LogP contribution is 2.27. The molecule has 0 saturated heterocycles. The molecular weight excluding hydrogens is 235 g/mol. The Morgan fingerprint density at radius 2 is 2.29 bits per heavy atom. The lowest BCUT2D eigenvalue weighted by Gasteiger charge is -2.18. The predicted octanol–water partition coefficient (Wildman–Crippen LogP) is 3.29. The van der Waals surface area contributed by atoms with Gasteiger partial charge in [0.05, 0.1) is 11.6 Å². The second kappa shape index (κ2) is 5.38. The van der Waals surface area contributed by atoms with Crippen LogP contribution < -0.4 is 5.32 Å². The topological polar surface area (TPSA) is 24.9 Å². The minimum atomic E-state index is -0.196. The van der Waals surface area contributed by atoms with Gasteiger partial charge in [0, 0.05) is 11.1 Å². The Hall–Kier alpha value is -1.26. The number of benzene rings is 1. The molecule has 1 atom stereocenters. The zero-order valence-electron chi connectivity index (χ0n) is 9.90. The Morgan fingerprint density at radius 3 is 2.94 bits per heavy atom. The highest BCUT2D eigenvalue weighted by atomic mass is 32.1. The standard InChI is InChI=1S/C13H15FN2S/c1-3-16-13(12-7-15-8-17-12)11-6-10(14)5-4-9(11)2/h4-8,13,16H,3H2,1-2H3. The zero-order valence-corrected chi connectivity index (χ0v) is 10.7. The van der Waals surface area contributed by atoms with Gasteiger partial charge in [-0.25, -0.2) is 4.39 Å². The number of aromatic nitrogens is 1. The lowest BCUT2D eigenvalue weighted by Crippen LogP contribution is -2.22. The third-order valence-electron chi connectivity index (χ3n) is 2.70. The van der Waals surface area contributed by atoms with Crippen LogP contribution in [0.15, 0.2) is 29.9 Å². The molecule has 0 saturated carbocycles. The fourth-order valence-electron chi connectivity index (χ4n) is 1.86. The zero-order chi connectivity index (χ0) is 12.3. The first-order chi connectivity index (χ1) is 8.22. The van der Waals surface area contributed by atoms with Crippen LogP contribution in [0.5, 0.6) is 0 Å². The molecule has 1 aromatic carbocycles. The summed E-state index contributed by atoms with van der Waals surface area (Å²) in [5, 5.41) is 3.37. The fourth-order valence-corrected chi connectivity index (χ4v) is 2.57. The number of nitrogens with zero attached hydrogens (tertiary/aromatic N) is 1. The lowest BCUT2D eigenvalue weighted by molar-refractivity contribution is 0.604. The van der Waals surface area contributed by atoms with E-state index in [1.165, 1.54) is 6.07 Å². The maximum atomic E-state index is 13.3. The summed E-state index contributed by atoms with van der Waals surface area (Å²) in [6, 6.07) is 4.94. The summed E-state index contributed by atoms with van der Waals surface area (Å²) < 4.78 is 13.3. The van der Waals surface area contributed by atoms with E-state index in [0.717, 1.165) is 22.5 Å². The number of halogens is 1. The molecule has 1 aromatic heterocycles. The monoisotopic (exact) mass is 250 g/mol. The van der Waals surface area contributed by atoms with Crippen molar-refractivity contribution >= 4 is 11.3 Å². The van der Waals surface area contributed by atoms with Gasteiger partial charge in [0.25, 0.3) is 0 Å². The smallest absolute Gasteiger partial charge is 0.123 e. The first-order valence-electron chi connectivity index (χ1n) is 5.60. The fraction of sp³-hybridized carbons (Fsp3) is 0.308. The van der Waals surface area contributed by atoms with E-state index < -0.39 is 0 Å². The minimum Gasteiger partial charge on any atom is -0.306 e. The van der Waals surface area contributed by atoms with Crippen molar-refractivity contribution in [1.82, 2.24) is 10.3 Å². The largest absolute Gasteiger partial charge is 0.306 e. The molecular formula is C13H15FN2S. The van der Waals surface area contributed by atoms with Crippen LogP contribution >= 0.6 is 11.3 Å². The third kappa shape index (κ3) is 2.70. The Bertz CT molecular complexity index is 482. The van der Waals surface area contributed by atoms with Crippen LogP contribution in [-0.4, -0.2) is 11.5 Å². The van der Waals surface area contributed by atoms with Gasteiger partial charge in [0.2, 0.25) is 0 Å². The number of hydrogen-bond acceptors (Lipinski definition) is 3. The summed E-state index contributed by atoms with van der Waals surface area (Å²) in [5.41, 5.74) is 3.87. The summed E-state index contributed by atoms with van der Waals surface area (Å²) in [6.45, 7) is 4.88. The van der Waals surface area contributed by atoms with Crippen molar-refractivity contribution in [2.45, 2.75) is 19.9 Å². The van der Waals surface area contributed by atoms with E-state index in [1.54, 1.807) is 22.9 Å². The molecule has 1 unspecified atom stereocenters. The maximum Gasteiger partial charge on any atom is 0.123 e. The van der Waals surface area contributed by atoms with Crippen molar-refractivity contribution in [3.8, 4) is 0 Å². The molecule has 4 heteroatoms. The Morgan fingerprint density at radius 1 is 1.47 bits per heavy atom. The molecule has 0 amide bonds. The first-order valence-corrected chi connectivity index (χ1v) is 6.48. The van der Waals surface area contributed by atoms with Crippen LogP contribution in [0.1, 0.15) is 29.0 Å². The average molecular weight is 250 g/mol. The second-order valence-corrected chi connectivity index (χ2v) is 4.81. The van der Waals surface area contributed by atoms with Gasteiger partial charge in [-0.2, -0.15) is 0 Å². The SMILES string of the molecule is CCNC(c1cncs1)c1cc(F)ccc1C. The normalized spacial score (nSPS) is 12.6. The predicted molar refractivity (Wildman–Crippen MR) is 68.8 cm³/mol. The van der Waals surface area contributed by atoms with Crippen molar-refractivity contribution in [3.63, 3.8) is 0 Å². The maximum absolute atomic E-state index is 13.3.